The van der Waals surface area contributed by atoms with Crippen molar-refractivity contribution >= 4 is 27.8 Å². The smallest absolute Gasteiger partial charge is 0.409 e. The third-order valence-corrected chi connectivity index (χ3v) is 6.30. The molecule has 0 spiro atoms. The third-order valence-electron chi connectivity index (χ3n) is 4.39. The number of ether oxygens (including phenoxy) is 1. The van der Waals surface area contributed by atoms with Crippen LogP contribution in [0.15, 0.2) is 39.8 Å². The molecule has 156 valence electrons. The van der Waals surface area contributed by atoms with Gasteiger partial charge in [-0.05, 0) is 38.1 Å². The van der Waals surface area contributed by atoms with E-state index in [0.717, 1.165) is 0 Å². The molecule has 2 aromatic rings. The lowest BCUT2D eigenvalue weighted by atomic mass is 10.2. The largest absolute Gasteiger partial charge is 0.450 e. The number of carbonyl (C=O) groups excluding carboxylic acids is 2. The zero-order valence-electron chi connectivity index (χ0n) is 16.1. The number of hydrogen-bond donors (Lipinski definition) is 1. The van der Waals surface area contributed by atoms with E-state index >= 15 is 0 Å². The van der Waals surface area contributed by atoms with Crippen molar-refractivity contribution in [2.75, 3.05) is 38.1 Å². The fourth-order valence-corrected chi connectivity index (χ4v) is 4.29. The van der Waals surface area contributed by atoms with Crippen LogP contribution in [0.4, 0.5) is 10.6 Å². The van der Waals surface area contributed by atoms with Crippen LogP contribution in [0.3, 0.4) is 0 Å². The van der Waals surface area contributed by atoms with E-state index in [1.54, 1.807) is 19.9 Å². The first-order valence-electron chi connectivity index (χ1n) is 9.08. The minimum atomic E-state index is -3.73. The van der Waals surface area contributed by atoms with Crippen LogP contribution >= 0.6 is 0 Å². The van der Waals surface area contributed by atoms with Crippen LogP contribution in [0.1, 0.15) is 23.0 Å². The standard InChI is InChI=1S/C18H22N4O6S/c1-3-27-18(24)21-8-10-22(11-9-21)29(25,26)15-6-4-14(5-7-15)17(23)19-16-12-13(2)28-20-16/h4-7,12H,3,8-11H2,1-2H3,(H,19,20,23). The lowest BCUT2D eigenvalue weighted by Crippen LogP contribution is -2.50. The Morgan fingerprint density at radius 2 is 1.83 bits per heavy atom. The Bertz CT molecular complexity index is 978. The fraction of sp³-hybridized carbons (Fsp3) is 0.389. The van der Waals surface area contributed by atoms with Crippen molar-refractivity contribution in [3.63, 3.8) is 0 Å². The second-order valence-electron chi connectivity index (χ2n) is 6.39. The Morgan fingerprint density at radius 3 is 2.38 bits per heavy atom. The quantitative estimate of drug-likeness (QED) is 0.778. The van der Waals surface area contributed by atoms with Gasteiger partial charge in [-0.3, -0.25) is 4.79 Å². The number of anilines is 1. The molecule has 29 heavy (non-hydrogen) atoms. The second kappa shape index (κ2) is 8.62. The molecule has 1 aliphatic heterocycles. The van der Waals surface area contributed by atoms with Crippen LogP contribution in [-0.4, -0.2) is 67.6 Å². The van der Waals surface area contributed by atoms with Crippen molar-refractivity contribution in [1.29, 1.82) is 0 Å². The highest BCUT2D eigenvalue weighted by atomic mass is 32.2. The molecule has 1 aliphatic rings. The number of aromatic nitrogens is 1. The molecule has 2 heterocycles. The highest BCUT2D eigenvalue weighted by Crippen LogP contribution is 2.19. The Kier molecular flexibility index (Phi) is 6.18. The number of sulfonamides is 1. The highest BCUT2D eigenvalue weighted by molar-refractivity contribution is 7.89. The summed E-state index contributed by atoms with van der Waals surface area (Å²) in [5.74, 6) is 0.416. The molecule has 0 radical (unpaired) electrons. The van der Waals surface area contributed by atoms with E-state index in [4.69, 9.17) is 9.26 Å². The summed E-state index contributed by atoms with van der Waals surface area (Å²) in [6.45, 7) is 4.56. The Labute approximate surface area is 168 Å². The van der Waals surface area contributed by atoms with E-state index in [1.165, 1.54) is 33.5 Å². The van der Waals surface area contributed by atoms with Crippen LogP contribution in [0.2, 0.25) is 0 Å². The minimum absolute atomic E-state index is 0.0796. The van der Waals surface area contributed by atoms with Gasteiger partial charge < -0.3 is 19.5 Å². The zero-order valence-corrected chi connectivity index (χ0v) is 16.9. The van der Waals surface area contributed by atoms with Crippen molar-refractivity contribution in [3.05, 3.63) is 41.7 Å². The minimum Gasteiger partial charge on any atom is -0.450 e. The third kappa shape index (κ3) is 4.74. The average molecular weight is 422 g/mol. The summed E-state index contributed by atoms with van der Waals surface area (Å²) < 4.78 is 36.8. The lowest BCUT2D eigenvalue weighted by Gasteiger charge is -2.33. The van der Waals surface area contributed by atoms with E-state index < -0.39 is 22.0 Å². The van der Waals surface area contributed by atoms with Gasteiger partial charge >= 0.3 is 6.09 Å². The highest BCUT2D eigenvalue weighted by Gasteiger charge is 2.30. The molecule has 2 amide bonds. The normalized spacial score (nSPS) is 15.2. The van der Waals surface area contributed by atoms with Gasteiger partial charge in [0.1, 0.15) is 5.76 Å². The molecule has 1 saturated heterocycles. The van der Waals surface area contributed by atoms with Crippen molar-refractivity contribution < 1.29 is 27.3 Å². The van der Waals surface area contributed by atoms with Gasteiger partial charge in [-0.2, -0.15) is 4.31 Å². The maximum Gasteiger partial charge on any atom is 0.409 e. The summed E-state index contributed by atoms with van der Waals surface area (Å²) in [5, 5.41) is 6.26. The number of carbonyl (C=O) groups is 2. The summed E-state index contributed by atoms with van der Waals surface area (Å²) in [7, 11) is -3.73. The van der Waals surface area contributed by atoms with Crippen molar-refractivity contribution in [2.45, 2.75) is 18.7 Å². The summed E-state index contributed by atoms with van der Waals surface area (Å²) in [6, 6.07) is 7.22. The number of amides is 2. The predicted octanol–water partition coefficient (Wildman–Crippen LogP) is 1.70. The lowest BCUT2D eigenvalue weighted by molar-refractivity contribution is 0.0933. The molecule has 0 aliphatic carbocycles. The van der Waals surface area contributed by atoms with Crippen molar-refractivity contribution in [1.82, 2.24) is 14.4 Å². The molecule has 1 aromatic heterocycles. The maximum absolute atomic E-state index is 12.8. The number of aryl methyl sites for hydroxylation is 1. The first kappa shape index (κ1) is 20.8. The molecule has 1 N–H and O–H groups in total. The molecule has 0 atom stereocenters. The van der Waals surface area contributed by atoms with Gasteiger partial charge in [0.2, 0.25) is 10.0 Å². The molecule has 0 saturated carbocycles. The summed E-state index contributed by atoms with van der Waals surface area (Å²) in [4.78, 5) is 25.5. The summed E-state index contributed by atoms with van der Waals surface area (Å²) in [5.41, 5.74) is 0.289. The topological polar surface area (TPSA) is 122 Å². The predicted molar refractivity (Wildman–Crippen MR) is 103 cm³/mol. The van der Waals surface area contributed by atoms with Crippen LogP contribution in [-0.2, 0) is 14.8 Å². The number of nitrogens with one attached hydrogen (secondary N) is 1. The van der Waals surface area contributed by atoms with E-state index in [0.29, 0.717) is 5.76 Å². The fourth-order valence-electron chi connectivity index (χ4n) is 2.87. The van der Waals surface area contributed by atoms with Gasteiger partial charge in [-0.25, -0.2) is 13.2 Å². The van der Waals surface area contributed by atoms with Gasteiger partial charge in [0.25, 0.3) is 5.91 Å². The van der Waals surface area contributed by atoms with Crippen LogP contribution in [0.25, 0.3) is 0 Å². The van der Waals surface area contributed by atoms with E-state index in [1.807, 2.05) is 0 Å². The monoisotopic (exact) mass is 422 g/mol. The molecule has 3 rings (SSSR count). The van der Waals surface area contributed by atoms with E-state index in [-0.39, 0.29) is 49.1 Å². The van der Waals surface area contributed by atoms with Gasteiger partial charge in [0.05, 0.1) is 11.5 Å². The van der Waals surface area contributed by atoms with E-state index in [2.05, 4.69) is 10.5 Å². The Hall–Kier alpha value is -2.92. The van der Waals surface area contributed by atoms with Gasteiger partial charge in [-0.15, -0.1) is 0 Å². The zero-order chi connectivity index (χ0) is 21.0. The Morgan fingerprint density at radius 1 is 1.17 bits per heavy atom. The first-order valence-corrected chi connectivity index (χ1v) is 10.5. The summed E-state index contributed by atoms with van der Waals surface area (Å²) >= 11 is 0. The number of hydrogen-bond acceptors (Lipinski definition) is 7. The molecule has 0 bridgehead atoms. The van der Waals surface area contributed by atoms with Gasteiger partial charge in [0, 0.05) is 37.8 Å². The molecule has 0 unspecified atom stereocenters. The second-order valence-corrected chi connectivity index (χ2v) is 8.33. The van der Waals surface area contributed by atoms with Crippen molar-refractivity contribution in [2.24, 2.45) is 0 Å². The summed E-state index contributed by atoms with van der Waals surface area (Å²) in [6.07, 6.45) is -0.442. The number of rotatable bonds is 5. The first-order chi connectivity index (χ1) is 13.8. The molecular weight excluding hydrogens is 400 g/mol. The molecule has 1 fully saturated rings. The number of benzene rings is 1. The SMILES string of the molecule is CCOC(=O)N1CCN(S(=O)(=O)c2ccc(C(=O)Nc3cc(C)on3)cc2)CC1. The van der Waals surface area contributed by atoms with Gasteiger partial charge in [0.15, 0.2) is 5.82 Å². The maximum atomic E-state index is 12.8. The van der Waals surface area contributed by atoms with Crippen LogP contribution < -0.4 is 5.32 Å². The van der Waals surface area contributed by atoms with Gasteiger partial charge in [-0.1, -0.05) is 5.16 Å². The molecule has 10 nitrogen and oxygen atoms in total. The number of piperazine rings is 1. The van der Waals surface area contributed by atoms with Crippen molar-refractivity contribution in [3.8, 4) is 0 Å². The average Bonchev–Trinajstić information content (AvgIpc) is 3.13. The molecule has 11 heteroatoms. The molecule has 1 aromatic carbocycles. The van der Waals surface area contributed by atoms with Crippen LogP contribution in [0.5, 0.6) is 0 Å². The van der Waals surface area contributed by atoms with Crippen LogP contribution in [0, 0.1) is 6.92 Å². The van der Waals surface area contributed by atoms with E-state index in [9.17, 15) is 18.0 Å². The molecular formula is C18H22N4O6S. The Balaban J connectivity index is 1.64. The number of nitrogens with zero attached hydrogens (tertiary/aromatic N) is 3.